The van der Waals surface area contributed by atoms with Gasteiger partial charge in [0, 0.05) is 39.1 Å². The normalized spacial score (nSPS) is 20.1. The van der Waals surface area contributed by atoms with E-state index in [1.165, 1.54) is 11.1 Å². The molecular formula is C22H27N5O2. The molecule has 3 heterocycles. The lowest BCUT2D eigenvalue weighted by atomic mass is 10.0. The third kappa shape index (κ3) is 4.13. The van der Waals surface area contributed by atoms with Crippen LogP contribution in [-0.2, 0) is 4.79 Å². The summed E-state index contributed by atoms with van der Waals surface area (Å²) in [4.78, 5) is 23.3. The molecule has 152 valence electrons. The molecule has 7 nitrogen and oxygen atoms in total. The van der Waals surface area contributed by atoms with E-state index >= 15 is 0 Å². The minimum atomic E-state index is 0.179. The molecule has 2 fully saturated rings. The van der Waals surface area contributed by atoms with Crippen molar-refractivity contribution in [3.8, 4) is 6.07 Å². The van der Waals surface area contributed by atoms with Gasteiger partial charge in [-0.25, -0.2) is 4.98 Å². The molecule has 1 amide bonds. The molecule has 1 atom stereocenters. The van der Waals surface area contributed by atoms with Gasteiger partial charge in [0.15, 0.2) is 5.89 Å². The molecule has 2 aliphatic rings. The van der Waals surface area contributed by atoms with Crippen molar-refractivity contribution in [1.29, 1.82) is 5.26 Å². The number of hydrogen-bond acceptors (Lipinski definition) is 6. The number of carbonyl (C=O) groups is 1. The molecule has 0 N–H and O–H groups in total. The quantitative estimate of drug-likeness (QED) is 0.795. The Morgan fingerprint density at radius 3 is 2.76 bits per heavy atom. The van der Waals surface area contributed by atoms with Crippen LogP contribution >= 0.6 is 0 Å². The summed E-state index contributed by atoms with van der Waals surface area (Å²) in [6.45, 7) is 7.84. The monoisotopic (exact) mass is 393 g/mol. The fourth-order valence-electron chi connectivity index (χ4n) is 4.41. The first kappa shape index (κ1) is 19.5. The predicted molar refractivity (Wildman–Crippen MR) is 109 cm³/mol. The summed E-state index contributed by atoms with van der Waals surface area (Å²) < 4.78 is 5.60. The molecule has 4 rings (SSSR count). The third-order valence-electron chi connectivity index (χ3n) is 5.87. The molecule has 0 radical (unpaired) electrons. The zero-order chi connectivity index (χ0) is 20.4. The fraction of sp³-hybridized carbons (Fsp3) is 0.500. The van der Waals surface area contributed by atoms with Crippen LogP contribution in [0.5, 0.6) is 0 Å². The Morgan fingerprint density at radius 1 is 1.24 bits per heavy atom. The molecule has 2 saturated heterocycles. The largest absolute Gasteiger partial charge is 0.424 e. The smallest absolute Gasteiger partial charge is 0.236 e. The molecule has 0 aliphatic carbocycles. The van der Waals surface area contributed by atoms with Gasteiger partial charge in [-0.05, 0) is 31.9 Å². The maximum Gasteiger partial charge on any atom is 0.236 e. The minimum absolute atomic E-state index is 0.179. The summed E-state index contributed by atoms with van der Waals surface area (Å²) in [6, 6.07) is 11.0. The Hall–Kier alpha value is -2.85. The number of carbonyl (C=O) groups excluding carboxylic acids is 1. The SMILES string of the molecule is Cc1cccc([C@@H]2CCCN2CC(=O)N2CCN(c3oc(C)nc3C#N)CC2)c1. The average Bonchev–Trinajstić information content (AvgIpc) is 3.34. The standard InChI is InChI=1S/C22H27N5O2/c1-16-5-3-6-18(13-16)20-7-4-8-27(20)15-21(28)25-9-11-26(12-10-25)22-19(14-23)24-17(2)29-22/h3,5-6,13,20H,4,7-12,15H2,1-2H3/t20-/m0/s1. The Kier molecular flexibility index (Phi) is 5.54. The molecule has 0 spiro atoms. The highest BCUT2D eigenvalue weighted by Gasteiger charge is 2.31. The van der Waals surface area contributed by atoms with E-state index in [1.54, 1.807) is 6.92 Å². The number of benzene rings is 1. The Morgan fingerprint density at radius 2 is 2.03 bits per heavy atom. The van der Waals surface area contributed by atoms with E-state index in [-0.39, 0.29) is 5.91 Å². The van der Waals surface area contributed by atoms with Gasteiger partial charge < -0.3 is 14.2 Å². The van der Waals surface area contributed by atoms with Crippen LogP contribution in [0.1, 0.15) is 41.6 Å². The number of likely N-dealkylation sites (tertiary alicyclic amines) is 1. The van der Waals surface area contributed by atoms with Gasteiger partial charge in [0.2, 0.25) is 17.5 Å². The number of anilines is 1. The maximum atomic E-state index is 12.9. The highest BCUT2D eigenvalue weighted by Crippen LogP contribution is 2.32. The lowest BCUT2D eigenvalue weighted by molar-refractivity contribution is -0.133. The van der Waals surface area contributed by atoms with Crippen LogP contribution in [0.25, 0.3) is 0 Å². The molecule has 2 aromatic rings. The van der Waals surface area contributed by atoms with E-state index in [9.17, 15) is 10.1 Å². The number of piperazine rings is 1. The Bertz CT molecular complexity index is 924. The lowest BCUT2D eigenvalue weighted by Gasteiger charge is -2.36. The zero-order valence-electron chi connectivity index (χ0n) is 17.1. The van der Waals surface area contributed by atoms with Crippen LogP contribution < -0.4 is 4.90 Å². The highest BCUT2D eigenvalue weighted by molar-refractivity contribution is 5.78. The molecule has 0 bridgehead atoms. The van der Waals surface area contributed by atoms with E-state index in [0.29, 0.717) is 56.2 Å². The second kappa shape index (κ2) is 8.26. The van der Waals surface area contributed by atoms with Crippen molar-refractivity contribution >= 4 is 11.8 Å². The van der Waals surface area contributed by atoms with Crippen LogP contribution in [0.2, 0.25) is 0 Å². The van der Waals surface area contributed by atoms with Gasteiger partial charge in [0.1, 0.15) is 6.07 Å². The molecule has 7 heteroatoms. The second-order valence-corrected chi connectivity index (χ2v) is 7.91. The molecular weight excluding hydrogens is 366 g/mol. The summed E-state index contributed by atoms with van der Waals surface area (Å²) in [7, 11) is 0. The number of rotatable bonds is 4. The fourth-order valence-corrected chi connectivity index (χ4v) is 4.41. The first-order valence-corrected chi connectivity index (χ1v) is 10.3. The molecule has 1 aromatic carbocycles. The molecule has 29 heavy (non-hydrogen) atoms. The van der Waals surface area contributed by atoms with Crippen LogP contribution in [0.15, 0.2) is 28.7 Å². The van der Waals surface area contributed by atoms with Gasteiger partial charge in [0.05, 0.1) is 6.54 Å². The van der Waals surface area contributed by atoms with Crippen LogP contribution in [-0.4, -0.2) is 60.0 Å². The minimum Gasteiger partial charge on any atom is -0.424 e. The van der Waals surface area contributed by atoms with Crippen molar-refractivity contribution in [1.82, 2.24) is 14.8 Å². The molecule has 2 aliphatic heterocycles. The summed E-state index contributed by atoms with van der Waals surface area (Å²) in [5.41, 5.74) is 2.89. The van der Waals surface area contributed by atoms with Crippen molar-refractivity contribution in [2.45, 2.75) is 32.7 Å². The topological polar surface area (TPSA) is 76.6 Å². The number of aryl methyl sites for hydroxylation is 2. The van der Waals surface area contributed by atoms with Gasteiger partial charge in [-0.1, -0.05) is 29.8 Å². The maximum absolute atomic E-state index is 12.9. The van der Waals surface area contributed by atoms with Gasteiger partial charge in [-0.2, -0.15) is 5.26 Å². The average molecular weight is 393 g/mol. The van der Waals surface area contributed by atoms with Crippen molar-refractivity contribution < 1.29 is 9.21 Å². The van der Waals surface area contributed by atoms with Crippen LogP contribution in [0.3, 0.4) is 0 Å². The summed E-state index contributed by atoms with van der Waals surface area (Å²) in [5.74, 6) is 1.20. The number of nitrogens with zero attached hydrogens (tertiary/aromatic N) is 5. The Balaban J connectivity index is 1.36. The van der Waals surface area contributed by atoms with E-state index in [2.05, 4.69) is 47.1 Å². The predicted octanol–water partition coefficient (Wildman–Crippen LogP) is 2.65. The van der Waals surface area contributed by atoms with Crippen molar-refractivity contribution in [2.24, 2.45) is 0 Å². The van der Waals surface area contributed by atoms with Gasteiger partial charge in [0.25, 0.3) is 0 Å². The van der Waals surface area contributed by atoms with Crippen molar-refractivity contribution in [2.75, 3.05) is 44.2 Å². The first-order chi connectivity index (χ1) is 14.0. The molecule has 0 unspecified atom stereocenters. The second-order valence-electron chi connectivity index (χ2n) is 7.91. The van der Waals surface area contributed by atoms with Crippen molar-refractivity contribution in [3.05, 3.63) is 47.0 Å². The lowest BCUT2D eigenvalue weighted by Crippen LogP contribution is -2.51. The Labute approximate surface area is 171 Å². The number of amides is 1. The molecule has 0 saturated carbocycles. The number of oxazole rings is 1. The molecule has 1 aromatic heterocycles. The number of hydrogen-bond donors (Lipinski definition) is 0. The third-order valence-corrected chi connectivity index (χ3v) is 5.87. The van der Waals surface area contributed by atoms with Crippen LogP contribution in [0.4, 0.5) is 5.88 Å². The summed E-state index contributed by atoms with van der Waals surface area (Å²) in [6.07, 6.45) is 2.23. The number of nitriles is 1. The van der Waals surface area contributed by atoms with Gasteiger partial charge in [-0.15, -0.1) is 0 Å². The van der Waals surface area contributed by atoms with Gasteiger partial charge >= 0.3 is 0 Å². The number of aromatic nitrogens is 1. The highest BCUT2D eigenvalue weighted by atomic mass is 16.4. The summed E-state index contributed by atoms with van der Waals surface area (Å²) >= 11 is 0. The van der Waals surface area contributed by atoms with E-state index in [0.717, 1.165) is 19.4 Å². The first-order valence-electron chi connectivity index (χ1n) is 10.3. The zero-order valence-corrected chi connectivity index (χ0v) is 17.1. The van der Waals surface area contributed by atoms with E-state index in [1.807, 2.05) is 9.80 Å². The van der Waals surface area contributed by atoms with Gasteiger partial charge in [-0.3, -0.25) is 9.69 Å². The summed E-state index contributed by atoms with van der Waals surface area (Å²) in [5, 5.41) is 9.23. The van der Waals surface area contributed by atoms with E-state index < -0.39 is 0 Å². The van der Waals surface area contributed by atoms with Crippen molar-refractivity contribution in [3.63, 3.8) is 0 Å². The van der Waals surface area contributed by atoms with E-state index in [4.69, 9.17) is 4.42 Å². The van der Waals surface area contributed by atoms with Crippen LogP contribution in [0, 0.1) is 25.2 Å².